The van der Waals surface area contributed by atoms with Crippen molar-refractivity contribution in [1.82, 2.24) is 0 Å². The minimum absolute atomic E-state index is 0.179. The van der Waals surface area contributed by atoms with Crippen LogP contribution >= 0.6 is 0 Å². The Morgan fingerprint density at radius 3 is 2.69 bits per heavy atom. The fraction of sp³-hybridized carbons (Fsp3) is 0.900. The summed E-state index contributed by atoms with van der Waals surface area (Å²) >= 11 is 0. The molecule has 3 nitrogen and oxygen atoms in total. The molecule has 0 amide bonds. The Hall–Kier alpha value is -0.590. The van der Waals surface area contributed by atoms with Gasteiger partial charge in [-0.3, -0.25) is 0 Å². The van der Waals surface area contributed by atoms with Crippen molar-refractivity contribution in [3.8, 4) is 6.07 Å². The normalized spacial score (nSPS) is 32.5. The van der Waals surface area contributed by atoms with E-state index in [-0.39, 0.29) is 12.2 Å². The molecule has 3 heteroatoms. The van der Waals surface area contributed by atoms with Crippen molar-refractivity contribution in [3.63, 3.8) is 0 Å². The molecule has 1 aliphatic heterocycles. The van der Waals surface area contributed by atoms with Crippen LogP contribution in [0, 0.1) is 11.3 Å². The Kier molecular flexibility index (Phi) is 3.29. The van der Waals surface area contributed by atoms with E-state index in [4.69, 9.17) is 14.7 Å². The van der Waals surface area contributed by atoms with Crippen LogP contribution < -0.4 is 0 Å². The van der Waals surface area contributed by atoms with Crippen molar-refractivity contribution < 1.29 is 9.47 Å². The molecular formula is C10H17NO2. The molecule has 0 spiro atoms. The lowest BCUT2D eigenvalue weighted by Gasteiger charge is -2.39. The molecule has 0 aromatic carbocycles. The van der Waals surface area contributed by atoms with Gasteiger partial charge in [-0.2, -0.15) is 5.26 Å². The summed E-state index contributed by atoms with van der Waals surface area (Å²) in [5.41, 5.74) is 0. The van der Waals surface area contributed by atoms with Crippen molar-refractivity contribution in [2.45, 2.75) is 58.0 Å². The molecule has 0 aromatic heterocycles. The molecule has 74 valence electrons. The van der Waals surface area contributed by atoms with Gasteiger partial charge in [-0.1, -0.05) is 0 Å². The Bertz CT molecular complexity index is 207. The third-order valence-corrected chi connectivity index (χ3v) is 2.11. The standard InChI is InChI=1S/C10H17NO2/c1-8-7-9(5-4-6-11)13-10(2,3)12-8/h8-9H,4-5,7H2,1-3H3/t8-,9+/m1/s1. The zero-order chi connectivity index (χ0) is 9.90. The number of nitrogens with zero attached hydrogens (tertiary/aromatic N) is 1. The minimum Gasteiger partial charge on any atom is -0.347 e. The maximum atomic E-state index is 8.46. The summed E-state index contributed by atoms with van der Waals surface area (Å²) in [6.45, 7) is 5.88. The second-order valence-electron chi connectivity index (χ2n) is 4.00. The van der Waals surface area contributed by atoms with Crippen molar-refractivity contribution in [1.29, 1.82) is 5.26 Å². The van der Waals surface area contributed by atoms with Crippen LogP contribution in [0.4, 0.5) is 0 Å². The van der Waals surface area contributed by atoms with Crippen LogP contribution in [0.3, 0.4) is 0 Å². The number of rotatable bonds is 2. The molecule has 0 radical (unpaired) electrons. The molecule has 0 saturated carbocycles. The molecule has 1 saturated heterocycles. The fourth-order valence-electron chi connectivity index (χ4n) is 1.78. The van der Waals surface area contributed by atoms with E-state index < -0.39 is 5.79 Å². The third-order valence-electron chi connectivity index (χ3n) is 2.11. The van der Waals surface area contributed by atoms with Crippen LogP contribution in [-0.2, 0) is 9.47 Å². The topological polar surface area (TPSA) is 42.2 Å². The highest BCUT2D eigenvalue weighted by Crippen LogP contribution is 2.28. The highest BCUT2D eigenvalue weighted by molar-refractivity contribution is 4.78. The average molecular weight is 183 g/mol. The van der Waals surface area contributed by atoms with Gasteiger partial charge in [-0.25, -0.2) is 0 Å². The molecule has 0 aromatic rings. The van der Waals surface area contributed by atoms with E-state index in [0.29, 0.717) is 6.42 Å². The second-order valence-corrected chi connectivity index (χ2v) is 4.00. The predicted octanol–water partition coefficient (Wildman–Crippen LogP) is 2.22. The summed E-state index contributed by atoms with van der Waals surface area (Å²) in [7, 11) is 0. The molecule has 13 heavy (non-hydrogen) atoms. The van der Waals surface area contributed by atoms with Gasteiger partial charge in [-0.05, 0) is 33.6 Å². The molecule has 0 aliphatic carbocycles. The lowest BCUT2D eigenvalue weighted by molar-refractivity contribution is -0.296. The van der Waals surface area contributed by atoms with E-state index in [1.54, 1.807) is 0 Å². The molecule has 0 N–H and O–H groups in total. The van der Waals surface area contributed by atoms with Crippen LogP contribution in [0.1, 0.15) is 40.0 Å². The molecule has 2 atom stereocenters. The van der Waals surface area contributed by atoms with Crippen LogP contribution in [0.2, 0.25) is 0 Å². The largest absolute Gasteiger partial charge is 0.347 e. The van der Waals surface area contributed by atoms with E-state index in [1.807, 2.05) is 20.8 Å². The van der Waals surface area contributed by atoms with Gasteiger partial charge < -0.3 is 9.47 Å². The first-order valence-electron chi connectivity index (χ1n) is 4.76. The van der Waals surface area contributed by atoms with E-state index in [1.165, 1.54) is 0 Å². The smallest absolute Gasteiger partial charge is 0.163 e. The van der Waals surface area contributed by atoms with Crippen LogP contribution in [0.15, 0.2) is 0 Å². The first-order chi connectivity index (χ1) is 6.03. The quantitative estimate of drug-likeness (QED) is 0.659. The summed E-state index contributed by atoms with van der Waals surface area (Å²) in [6.07, 6.45) is 2.68. The Labute approximate surface area is 79.6 Å². The lowest BCUT2D eigenvalue weighted by Crippen LogP contribution is -2.43. The maximum absolute atomic E-state index is 8.46. The van der Waals surface area contributed by atoms with Gasteiger partial charge in [0.15, 0.2) is 5.79 Å². The first-order valence-corrected chi connectivity index (χ1v) is 4.76. The van der Waals surface area contributed by atoms with Crippen molar-refractivity contribution in [2.24, 2.45) is 0 Å². The Balaban J connectivity index is 2.44. The van der Waals surface area contributed by atoms with Gasteiger partial charge in [0, 0.05) is 6.42 Å². The van der Waals surface area contributed by atoms with Gasteiger partial charge in [0.2, 0.25) is 0 Å². The SMILES string of the molecule is C[C@@H]1C[C@H](CCC#N)OC(C)(C)O1. The highest BCUT2D eigenvalue weighted by Gasteiger charge is 2.32. The number of hydrogen-bond acceptors (Lipinski definition) is 3. The molecule has 0 bridgehead atoms. The maximum Gasteiger partial charge on any atom is 0.163 e. The zero-order valence-electron chi connectivity index (χ0n) is 8.54. The number of nitriles is 1. The average Bonchev–Trinajstić information content (AvgIpc) is 1.97. The Morgan fingerprint density at radius 2 is 2.15 bits per heavy atom. The van der Waals surface area contributed by atoms with Gasteiger partial charge in [0.1, 0.15) is 0 Å². The fourth-order valence-corrected chi connectivity index (χ4v) is 1.78. The summed E-state index contributed by atoms with van der Waals surface area (Å²) in [5, 5.41) is 8.46. The van der Waals surface area contributed by atoms with Crippen molar-refractivity contribution in [3.05, 3.63) is 0 Å². The van der Waals surface area contributed by atoms with Crippen molar-refractivity contribution >= 4 is 0 Å². The van der Waals surface area contributed by atoms with Gasteiger partial charge in [0.25, 0.3) is 0 Å². The Morgan fingerprint density at radius 1 is 1.46 bits per heavy atom. The molecule has 1 fully saturated rings. The zero-order valence-corrected chi connectivity index (χ0v) is 8.54. The highest BCUT2D eigenvalue weighted by atomic mass is 16.7. The number of ether oxygens (including phenoxy) is 2. The molecule has 1 rings (SSSR count). The van der Waals surface area contributed by atoms with Gasteiger partial charge in [-0.15, -0.1) is 0 Å². The van der Waals surface area contributed by atoms with Crippen LogP contribution in [0.25, 0.3) is 0 Å². The monoisotopic (exact) mass is 183 g/mol. The molecule has 1 heterocycles. The van der Waals surface area contributed by atoms with E-state index in [0.717, 1.165) is 12.8 Å². The van der Waals surface area contributed by atoms with Gasteiger partial charge >= 0.3 is 0 Å². The third kappa shape index (κ3) is 3.33. The molecular weight excluding hydrogens is 166 g/mol. The predicted molar refractivity (Wildman–Crippen MR) is 49.0 cm³/mol. The van der Waals surface area contributed by atoms with Crippen LogP contribution in [-0.4, -0.2) is 18.0 Å². The van der Waals surface area contributed by atoms with E-state index >= 15 is 0 Å². The summed E-state index contributed by atoms with van der Waals surface area (Å²) in [6, 6.07) is 2.14. The summed E-state index contributed by atoms with van der Waals surface area (Å²) in [4.78, 5) is 0. The first kappa shape index (κ1) is 10.5. The summed E-state index contributed by atoms with van der Waals surface area (Å²) in [5.74, 6) is -0.488. The van der Waals surface area contributed by atoms with E-state index in [9.17, 15) is 0 Å². The van der Waals surface area contributed by atoms with Crippen molar-refractivity contribution in [2.75, 3.05) is 0 Å². The molecule has 0 unspecified atom stereocenters. The van der Waals surface area contributed by atoms with Gasteiger partial charge in [0.05, 0.1) is 18.3 Å². The summed E-state index contributed by atoms with van der Waals surface area (Å²) < 4.78 is 11.3. The van der Waals surface area contributed by atoms with E-state index in [2.05, 4.69) is 6.07 Å². The lowest BCUT2D eigenvalue weighted by atomic mass is 10.1. The second kappa shape index (κ2) is 4.08. The number of hydrogen-bond donors (Lipinski definition) is 0. The van der Waals surface area contributed by atoms with Crippen LogP contribution in [0.5, 0.6) is 0 Å². The minimum atomic E-state index is -0.488. The molecule has 1 aliphatic rings.